The van der Waals surface area contributed by atoms with Crippen LogP contribution in [-0.2, 0) is 4.74 Å². The van der Waals surface area contributed by atoms with E-state index in [1.54, 1.807) is 13.3 Å². The van der Waals surface area contributed by atoms with Gasteiger partial charge in [0.25, 0.3) is 0 Å². The number of ether oxygens (including phenoxy) is 1. The largest absolute Gasteiger partial charge is 0.397 e. The molecule has 0 radical (unpaired) electrons. The topological polar surface area (TPSA) is 80.4 Å². The molecule has 2 rings (SSSR count). The number of aliphatic hydroxyl groups excluding tert-OH is 1. The quantitative estimate of drug-likeness (QED) is 0.693. The fourth-order valence-corrected chi connectivity index (χ4v) is 1.81. The van der Waals surface area contributed by atoms with Crippen molar-refractivity contribution >= 4 is 22.3 Å². The Labute approximate surface area is 106 Å². The van der Waals surface area contributed by atoms with E-state index in [0.717, 1.165) is 16.6 Å². The fraction of sp³-hybridized carbons (Fsp3) is 0.308. The van der Waals surface area contributed by atoms with E-state index in [1.807, 2.05) is 24.3 Å². The summed E-state index contributed by atoms with van der Waals surface area (Å²) in [7, 11) is 1.55. The molecule has 4 N–H and O–H groups in total. The highest BCUT2D eigenvalue weighted by Gasteiger charge is 2.07. The lowest BCUT2D eigenvalue weighted by molar-refractivity contribution is 0.0728. The highest BCUT2D eigenvalue weighted by molar-refractivity contribution is 5.96. The average molecular weight is 247 g/mol. The van der Waals surface area contributed by atoms with Crippen molar-refractivity contribution in [3.05, 3.63) is 30.5 Å². The van der Waals surface area contributed by atoms with Crippen molar-refractivity contribution in [1.82, 2.24) is 4.98 Å². The minimum atomic E-state index is -0.556. The molecule has 5 nitrogen and oxygen atoms in total. The van der Waals surface area contributed by atoms with Crippen LogP contribution in [0.1, 0.15) is 0 Å². The molecule has 1 unspecified atom stereocenters. The summed E-state index contributed by atoms with van der Waals surface area (Å²) in [4.78, 5) is 4.23. The number of methoxy groups -OCH3 is 1. The molecule has 1 atom stereocenters. The number of hydrogen-bond acceptors (Lipinski definition) is 5. The molecule has 0 aliphatic rings. The maximum absolute atomic E-state index is 9.57. The summed E-state index contributed by atoms with van der Waals surface area (Å²) in [5, 5.41) is 13.6. The first kappa shape index (κ1) is 12.6. The number of aliphatic hydroxyl groups is 1. The molecular weight excluding hydrogens is 230 g/mol. The number of pyridine rings is 1. The molecule has 0 bridgehead atoms. The predicted molar refractivity (Wildman–Crippen MR) is 72.5 cm³/mol. The van der Waals surface area contributed by atoms with Crippen LogP contribution in [0.4, 0.5) is 11.4 Å². The monoisotopic (exact) mass is 247 g/mol. The maximum atomic E-state index is 9.57. The molecule has 18 heavy (non-hydrogen) atoms. The molecule has 0 saturated carbocycles. The second kappa shape index (κ2) is 5.66. The summed E-state index contributed by atoms with van der Waals surface area (Å²) >= 11 is 0. The number of fused-ring (bicyclic) bond motifs is 1. The standard InChI is InChI=1S/C13H17N3O2/c1-18-8-9(17)7-16-12-5-4-11-10(13(12)14)3-2-6-15-11/h2-6,9,16-17H,7-8,14H2,1H3. The second-order valence-corrected chi connectivity index (χ2v) is 4.09. The smallest absolute Gasteiger partial charge is 0.0945 e. The van der Waals surface area contributed by atoms with Gasteiger partial charge >= 0.3 is 0 Å². The molecule has 0 aliphatic heterocycles. The normalized spacial score (nSPS) is 12.6. The number of nitrogen functional groups attached to an aromatic ring is 1. The Morgan fingerprint density at radius 3 is 3.06 bits per heavy atom. The molecule has 2 aromatic rings. The molecule has 5 heteroatoms. The van der Waals surface area contributed by atoms with Crippen molar-refractivity contribution in [2.45, 2.75) is 6.10 Å². The Bertz CT molecular complexity index is 531. The molecule has 0 saturated heterocycles. The van der Waals surface area contributed by atoms with Crippen LogP contribution in [0.3, 0.4) is 0 Å². The lowest BCUT2D eigenvalue weighted by Crippen LogP contribution is -2.24. The summed E-state index contributed by atoms with van der Waals surface area (Å²) in [5.74, 6) is 0. The third kappa shape index (κ3) is 2.69. The van der Waals surface area contributed by atoms with Crippen LogP contribution in [0.15, 0.2) is 30.5 Å². The molecule has 0 fully saturated rings. The highest BCUT2D eigenvalue weighted by Crippen LogP contribution is 2.27. The third-order valence-corrected chi connectivity index (χ3v) is 2.71. The number of hydrogen-bond donors (Lipinski definition) is 3. The number of nitrogens with zero attached hydrogens (tertiary/aromatic N) is 1. The molecule has 1 aromatic carbocycles. The summed E-state index contributed by atoms with van der Waals surface area (Å²) < 4.78 is 4.86. The Balaban J connectivity index is 2.16. The first-order chi connectivity index (χ1) is 8.72. The van der Waals surface area contributed by atoms with Crippen LogP contribution < -0.4 is 11.1 Å². The Kier molecular flexibility index (Phi) is 3.96. The van der Waals surface area contributed by atoms with Gasteiger partial charge in [0.05, 0.1) is 29.6 Å². The van der Waals surface area contributed by atoms with Crippen molar-refractivity contribution in [2.75, 3.05) is 31.3 Å². The van der Waals surface area contributed by atoms with Crippen LogP contribution in [-0.4, -0.2) is 36.5 Å². The van der Waals surface area contributed by atoms with Gasteiger partial charge in [-0.05, 0) is 24.3 Å². The number of nitrogens with two attached hydrogens (primary N) is 1. The van der Waals surface area contributed by atoms with Gasteiger partial charge in [0.1, 0.15) is 0 Å². The molecule has 96 valence electrons. The van der Waals surface area contributed by atoms with Gasteiger partial charge in [-0.2, -0.15) is 0 Å². The number of aromatic nitrogens is 1. The lowest BCUT2D eigenvalue weighted by atomic mass is 10.1. The average Bonchev–Trinajstić information content (AvgIpc) is 2.39. The van der Waals surface area contributed by atoms with Gasteiger partial charge < -0.3 is 20.9 Å². The summed E-state index contributed by atoms with van der Waals surface area (Å²) in [6.45, 7) is 0.686. The minimum absolute atomic E-state index is 0.294. The molecule has 1 heterocycles. The number of benzene rings is 1. The van der Waals surface area contributed by atoms with Gasteiger partial charge in [-0.25, -0.2) is 0 Å². The van der Waals surface area contributed by atoms with E-state index < -0.39 is 6.10 Å². The predicted octanol–water partition coefficient (Wildman–Crippen LogP) is 1.24. The van der Waals surface area contributed by atoms with E-state index in [2.05, 4.69) is 10.3 Å². The number of nitrogens with one attached hydrogen (secondary N) is 1. The van der Waals surface area contributed by atoms with E-state index in [0.29, 0.717) is 18.8 Å². The third-order valence-electron chi connectivity index (χ3n) is 2.71. The molecule has 0 spiro atoms. The van der Waals surface area contributed by atoms with Crippen LogP contribution >= 0.6 is 0 Å². The SMILES string of the molecule is COCC(O)CNc1ccc2ncccc2c1N. The van der Waals surface area contributed by atoms with Gasteiger partial charge in [-0.15, -0.1) is 0 Å². The lowest BCUT2D eigenvalue weighted by Gasteiger charge is -2.14. The van der Waals surface area contributed by atoms with Crippen LogP contribution in [0.5, 0.6) is 0 Å². The molecule has 0 amide bonds. The van der Waals surface area contributed by atoms with E-state index in [-0.39, 0.29) is 0 Å². The molecule has 0 aliphatic carbocycles. The first-order valence-corrected chi connectivity index (χ1v) is 5.76. The van der Waals surface area contributed by atoms with Gasteiger partial charge in [0.2, 0.25) is 0 Å². The Hall–Kier alpha value is -1.85. The van der Waals surface area contributed by atoms with Crippen molar-refractivity contribution in [2.24, 2.45) is 0 Å². The van der Waals surface area contributed by atoms with Gasteiger partial charge in [0, 0.05) is 25.2 Å². The first-order valence-electron chi connectivity index (χ1n) is 5.76. The van der Waals surface area contributed by atoms with Crippen molar-refractivity contribution in [1.29, 1.82) is 0 Å². The second-order valence-electron chi connectivity index (χ2n) is 4.09. The molecule has 1 aromatic heterocycles. The van der Waals surface area contributed by atoms with Crippen molar-refractivity contribution in [3.8, 4) is 0 Å². The maximum Gasteiger partial charge on any atom is 0.0945 e. The Morgan fingerprint density at radius 1 is 1.44 bits per heavy atom. The van der Waals surface area contributed by atoms with E-state index in [9.17, 15) is 5.11 Å². The van der Waals surface area contributed by atoms with Crippen molar-refractivity contribution in [3.63, 3.8) is 0 Å². The van der Waals surface area contributed by atoms with Crippen LogP contribution in [0.25, 0.3) is 10.9 Å². The van der Waals surface area contributed by atoms with E-state index in [4.69, 9.17) is 10.5 Å². The number of rotatable bonds is 5. The zero-order valence-corrected chi connectivity index (χ0v) is 10.3. The Morgan fingerprint density at radius 2 is 2.28 bits per heavy atom. The summed E-state index contributed by atoms with van der Waals surface area (Å²) in [5.41, 5.74) is 8.36. The molecular formula is C13H17N3O2. The van der Waals surface area contributed by atoms with Crippen molar-refractivity contribution < 1.29 is 9.84 Å². The highest BCUT2D eigenvalue weighted by atomic mass is 16.5. The minimum Gasteiger partial charge on any atom is -0.397 e. The zero-order chi connectivity index (χ0) is 13.0. The fourth-order valence-electron chi connectivity index (χ4n) is 1.81. The summed E-state index contributed by atoms with van der Waals surface area (Å²) in [6, 6.07) is 7.54. The zero-order valence-electron chi connectivity index (χ0n) is 10.3. The summed E-state index contributed by atoms with van der Waals surface area (Å²) in [6.07, 6.45) is 1.18. The van der Waals surface area contributed by atoms with E-state index in [1.165, 1.54) is 0 Å². The van der Waals surface area contributed by atoms with E-state index >= 15 is 0 Å². The van der Waals surface area contributed by atoms with Gasteiger partial charge in [0.15, 0.2) is 0 Å². The van der Waals surface area contributed by atoms with Gasteiger partial charge in [-0.1, -0.05) is 0 Å². The van der Waals surface area contributed by atoms with Gasteiger partial charge in [-0.3, -0.25) is 4.98 Å². The number of anilines is 2. The van der Waals surface area contributed by atoms with Crippen LogP contribution in [0.2, 0.25) is 0 Å². The van der Waals surface area contributed by atoms with Crippen LogP contribution in [0, 0.1) is 0 Å².